The van der Waals surface area contributed by atoms with Crippen LogP contribution in [0.25, 0.3) is 0 Å². The number of rotatable bonds is 12. The molecule has 4 amide bonds. The summed E-state index contributed by atoms with van der Waals surface area (Å²) in [5.74, 6) is -2.05. The monoisotopic (exact) mass is 487 g/mol. The standard InChI is InChI=1S/C24H33N5O6/c25-16-7-9-28(15-16)10-12-35-14-13-34-11-2-8-26-18-4-1-3-17-21(18)24(33)29(23(17)32)19-5-6-20(30)27-22(19)31/h1,3-4,16,19,26H,2,5-15,25H2,(H,27,30,31). The molecule has 2 saturated heterocycles. The molecule has 3 heterocycles. The molecule has 0 saturated carbocycles. The Hall–Kier alpha value is -2.86. The Morgan fingerprint density at radius 3 is 2.57 bits per heavy atom. The third kappa shape index (κ3) is 6.04. The number of ether oxygens (including phenoxy) is 2. The fourth-order valence-electron chi connectivity index (χ4n) is 4.64. The Morgan fingerprint density at radius 2 is 1.83 bits per heavy atom. The average molecular weight is 488 g/mol. The largest absolute Gasteiger partial charge is 0.384 e. The summed E-state index contributed by atoms with van der Waals surface area (Å²) in [4.78, 5) is 52.9. The third-order valence-corrected chi connectivity index (χ3v) is 6.48. The fourth-order valence-corrected chi connectivity index (χ4v) is 4.64. The first-order valence-corrected chi connectivity index (χ1v) is 12.2. The number of nitrogens with one attached hydrogen (secondary N) is 2. The second-order valence-electron chi connectivity index (χ2n) is 9.03. The fraction of sp³-hybridized carbons (Fsp3) is 0.583. The van der Waals surface area contributed by atoms with E-state index < -0.39 is 29.7 Å². The van der Waals surface area contributed by atoms with Crippen molar-refractivity contribution in [3.8, 4) is 0 Å². The van der Waals surface area contributed by atoms with Gasteiger partial charge in [-0.3, -0.25) is 34.3 Å². The number of amides is 4. The number of hydrogen-bond acceptors (Lipinski definition) is 9. The van der Waals surface area contributed by atoms with Crippen LogP contribution >= 0.6 is 0 Å². The number of nitrogens with zero attached hydrogens (tertiary/aromatic N) is 2. The zero-order valence-electron chi connectivity index (χ0n) is 19.8. The molecule has 4 rings (SSSR count). The quantitative estimate of drug-likeness (QED) is 0.273. The highest BCUT2D eigenvalue weighted by Gasteiger charge is 2.45. The number of benzene rings is 1. The van der Waals surface area contributed by atoms with Gasteiger partial charge in [0, 0.05) is 44.4 Å². The van der Waals surface area contributed by atoms with E-state index in [1.807, 2.05) is 0 Å². The highest BCUT2D eigenvalue weighted by atomic mass is 16.5. The minimum Gasteiger partial charge on any atom is -0.384 e. The summed E-state index contributed by atoms with van der Waals surface area (Å²) in [6.07, 6.45) is 1.97. The summed E-state index contributed by atoms with van der Waals surface area (Å²) in [7, 11) is 0. The number of nitrogens with two attached hydrogens (primary N) is 1. The van der Waals surface area contributed by atoms with Crippen molar-refractivity contribution in [1.29, 1.82) is 0 Å². The second kappa shape index (κ2) is 11.7. The van der Waals surface area contributed by atoms with Crippen molar-refractivity contribution in [1.82, 2.24) is 15.1 Å². The van der Waals surface area contributed by atoms with Crippen LogP contribution in [-0.2, 0) is 19.1 Å². The van der Waals surface area contributed by atoms with Crippen molar-refractivity contribution in [2.45, 2.75) is 37.8 Å². The van der Waals surface area contributed by atoms with E-state index in [1.54, 1.807) is 18.2 Å². The van der Waals surface area contributed by atoms with Crippen LogP contribution in [0.5, 0.6) is 0 Å². The second-order valence-corrected chi connectivity index (χ2v) is 9.03. The molecule has 1 aromatic carbocycles. The molecule has 0 spiro atoms. The van der Waals surface area contributed by atoms with Gasteiger partial charge in [0.15, 0.2) is 0 Å². The molecule has 2 fully saturated rings. The van der Waals surface area contributed by atoms with Crippen molar-refractivity contribution in [2.75, 3.05) is 57.9 Å². The van der Waals surface area contributed by atoms with Crippen molar-refractivity contribution in [3.05, 3.63) is 29.3 Å². The molecule has 0 aliphatic carbocycles. The number of piperidine rings is 1. The minimum atomic E-state index is -0.975. The molecular weight excluding hydrogens is 454 g/mol. The first-order valence-electron chi connectivity index (χ1n) is 12.2. The molecule has 11 nitrogen and oxygen atoms in total. The smallest absolute Gasteiger partial charge is 0.264 e. The SMILES string of the molecule is NC1CCN(CCOCCOCCCNc2cccc3c2C(=O)N(C2CCC(=O)NC2=O)C3=O)C1. The van der Waals surface area contributed by atoms with Crippen LogP contribution in [-0.4, -0.2) is 98.1 Å². The van der Waals surface area contributed by atoms with Crippen LogP contribution in [0.3, 0.4) is 0 Å². The Balaban J connectivity index is 1.17. The summed E-state index contributed by atoms with van der Waals surface area (Å²) in [6.45, 7) is 5.65. The van der Waals surface area contributed by atoms with Crippen molar-refractivity contribution < 1.29 is 28.7 Å². The number of hydrogen-bond donors (Lipinski definition) is 3. The first-order chi connectivity index (χ1) is 17.0. The number of imide groups is 2. The minimum absolute atomic E-state index is 0.0904. The van der Waals surface area contributed by atoms with E-state index >= 15 is 0 Å². The van der Waals surface area contributed by atoms with Gasteiger partial charge < -0.3 is 20.5 Å². The molecule has 0 radical (unpaired) electrons. The lowest BCUT2D eigenvalue weighted by Gasteiger charge is -2.27. The van der Waals surface area contributed by atoms with E-state index in [4.69, 9.17) is 15.2 Å². The van der Waals surface area contributed by atoms with E-state index in [9.17, 15) is 19.2 Å². The van der Waals surface area contributed by atoms with E-state index in [0.29, 0.717) is 45.1 Å². The van der Waals surface area contributed by atoms with Crippen LogP contribution in [0, 0.1) is 0 Å². The predicted octanol–water partition coefficient (Wildman–Crippen LogP) is -0.0440. The van der Waals surface area contributed by atoms with Gasteiger partial charge >= 0.3 is 0 Å². The number of carbonyl (C=O) groups excluding carboxylic acids is 4. The molecule has 3 aliphatic heterocycles. The molecule has 190 valence electrons. The normalized spacial score (nSPS) is 22.6. The lowest BCUT2D eigenvalue weighted by Crippen LogP contribution is -2.54. The Bertz CT molecular complexity index is 970. The number of anilines is 1. The van der Waals surface area contributed by atoms with Gasteiger partial charge in [-0.05, 0) is 37.9 Å². The highest BCUT2D eigenvalue weighted by Crippen LogP contribution is 2.32. The lowest BCUT2D eigenvalue weighted by molar-refractivity contribution is -0.136. The van der Waals surface area contributed by atoms with Crippen LogP contribution in [0.4, 0.5) is 5.69 Å². The molecule has 0 aromatic heterocycles. The zero-order chi connectivity index (χ0) is 24.8. The lowest BCUT2D eigenvalue weighted by atomic mass is 10.0. The van der Waals surface area contributed by atoms with Gasteiger partial charge in [-0.15, -0.1) is 0 Å². The predicted molar refractivity (Wildman–Crippen MR) is 127 cm³/mol. The van der Waals surface area contributed by atoms with E-state index in [1.165, 1.54) is 0 Å². The van der Waals surface area contributed by atoms with Crippen molar-refractivity contribution in [3.63, 3.8) is 0 Å². The zero-order valence-corrected chi connectivity index (χ0v) is 19.8. The van der Waals surface area contributed by atoms with Crippen LogP contribution in [0.1, 0.15) is 46.4 Å². The Labute approximate surface area is 204 Å². The van der Waals surface area contributed by atoms with Gasteiger partial charge in [-0.25, -0.2) is 0 Å². The third-order valence-electron chi connectivity index (χ3n) is 6.48. The maximum Gasteiger partial charge on any atom is 0.264 e. The number of fused-ring (bicyclic) bond motifs is 1. The Kier molecular flexibility index (Phi) is 8.45. The van der Waals surface area contributed by atoms with Crippen LogP contribution < -0.4 is 16.4 Å². The molecular formula is C24H33N5O6. The molecule has 4 N–H and O–H groups in total. The van der Waals surface area contributed by atoms with E-state index in [0.717, 1.165) is 31.0 Å². The first kappa shape index (κ1) is 25.2. The average Bonchev–Trinajstić information content (AvgIpc) is 3.36. The van der Waals surface area contributed by atoms with Gasteiger partial charge in [-0.2, -0.15) is 0 Å². The summed E-state index contributed by atoms with van der Waals surface area (Å²) < 4.78 is 11.2. The van der Waals surface area contributed by atoms with Gasteiger partial charge in [0.05, 0.1) is 30.9 Å². The maximum atomic E-state index is 13.1. The van der Waals surface area contributed by atoms with Crippen LogP contribution in [0.2, 0.25) is 0 Å². The summed E-state index contributed by atoms with van der Waals surface area (Å²) in [5, 5.41) is 5.41. The van der Waals surface area contributed by atoms with E-state index in [-0.39, 0.29) is 30.0 Å². The topological polar surface area (TPSA) is 143 Å². The molecule has 2 atom stereocenters. The highest BCUT2D eigenvalue weighted by molar-refractivity contribution is 6.25. The summed E-state index contributed by atoms with van der Waals surface area (Å²) in [6, 6.07) is 4.32. The molecule has 2 unspecified atom stereocenters. The molecule has 0 bridgehead atoms. The maximum absolute atomic E-state index is 13.1. The van der Waals surface area contributed by atoms with Crippen molar-refractivity contribution >= 4 is 29.3 Å². The van der Waals surface area contributed by atoms with Gasteiger partial charge in [0.2, 0.25) is 11.8 Å². The molecule has 11 heteroatoms. The van der Waals surface area contributed by atoms with Crippen LogP contribution in [0.15, 0.2) is 18.2 Å². The molecule has 3 aliphatic rings. The summed E-state index contributed by atoms with van der Waals surface area (Å²) in [5.41, 5.74) is 6.95. The molecule has 35 heavy (non-hydrogen) atoms. The van der Waals surface area contributed by atoms with E-state index in [2.05, 4.69) is 15.5 Å². The van der Waals surface area contributed by atoms with Gasteiger partial charge in [0.1, 0.15) is 6.04 Å². The molecule has 1 aromatic rings. The van der Waals surface area contributed by atoms with Crippen molar-refractivity contribution in [2.24, 2.45) is 5.73 Å². The summed E-state index contributed by atoms with van der Waals surface area (Å²) >= 11 is 0. The van der Waals surface area contributed by atoms with Gasteiger partial charge in [0.25, 0.3) is 11.8 Å². The number of likely N-dealkylation sites (tertiary alicyclic amines) is 1. The number of carbonyl (C=O) groups is 4. The Morgan fingerprint density at radius 1 is 1.03 bits per heavy atom. The van der Waals surface area contributed by atoms with Gasteiger partial charge in [-0.1, -0.05) is 6.07 Å².